The summed E-state index contributed by atoms with van der Waals surface area (Å²) in [5.74, 6) is 1.46. The van der Waals surface area contributed by atoms with Crippen molar-refractivity contribution in [1.29, 1.82) is 0 Å². The van der Waals surface area contributed by atoms with Crippen LogP contribution in [0.15, 0.2) is 12.4 Å². The van der Waals surface area contributed by atoms with Crippen LogP contribution in [0.5, 0.6) is 5.88 Å². The Kier molecular flexibility index (Phi) is 4.75. The monoisotopic (exact) mass is 250 g/mol. The van der Waals surface area contributed by atoms with Crippen LogP contribution in [-0.4, -0.2) is 47.7 Å². The van der Waals surface area contributed by atoms with Crippen LogP contribution >= 0.6 is 0 Å². The first-order chi connectivity index (χ1) is 8.81. The van der Waals surface area contributed by atoms with Crippen LogP contribution in [0, 0.1) is 0 Å². The molecular formula is C13H22N4O. The lowest BCUT2D eigenvalue weighted by Gasteiger charge is -2.32. The van der Waals surface area contributed by atoms with E-state index in [1.165, 1.54) is 45.2 Å². The molecule has 18 heavy (non-hydrogen) atoms. The highest BCUT2D eigenvalue weighted by atomic mass is 16.5. The van der Waals surface area contributed by atoms with Crippen LogP contribution in [0.2, 0.25) is 0 Å². The Morgan fingerprint density at radius 2 is 2.17 bits per heavy atom. The first-order valence-electron chi connectivity index (χ1n) is 6.66. The number of hydrogen-bond acceptors (Lipinski definition) is 5. The van der Waals surface area contributed by atoms with Crippen molar-refractivity contribution in [3.8, 4) is 5.88 Å². The standard InChI is InChI=1S/C13H22N4O/c1-3-6-17-7-4-11(5-8-17)16-12-9-13(18-2)15-10-14-12/h9-11H,3-8H2,1-2H3,(H,14,15,16). The number of ether oxygens (including phenoxy) is 1. The van der Waals surface area contributed by atoms with Crippen molar-refractivity contribution in [3.05, 3.63) is 12.4 Å². The van der Waals surface area contributed by atoms with Crippen LogP contribution < -0.4 is 10.1 Å². The zero-order valence-corrected chi connectivity index (χ0v) is 11.2. The molecule has 0 saturated carbocycles. The van der Waals surface area contributed by atoms with E-state index in [1.807, 2.05) is 6.07 Å². The molecule has 2 heterocycles. The fraction of sp³-hybridized carbons (Fsp3) is 0.692. The lowest BCUT2D eigenvalue weighted by molar-refractivity contribution is 0.219. The van der Waals surface area contributed by atoms with Crippen molar-refractivity contribution in [3.63, 3.8) is 0 Å². The Hall–Kier alpha value is -1.36. The second kappa shape index (κ2) is 6.54. The third-order valence-electron chi connectivity index (χ3n) is 3.33. The maximum absolute atomic E-state index is 5.09. The predicted octanol–water partition coefficient (Wildman–Crippen LogP) is 1.77. The Morgan fingerprint density at radius 3 is 2.83 bits per heavy atom. The smallest absolute Gasteiger partial charge is 0.218 e. The average Bonchev–Trinajstić information content (AvgIpc) is 2.42. The fourth-order valence-electron chi connectivity index (χ4n) is 2.36. The van der Waals surface area contributed by atoms with Gasteiger partial charge in [0.1, 0.15) is 12.1 Å². The third-order valence-corrected chi connectivity index (χ3v) is 3.33. The van der Waals surface area contributed by atoms with Crippen molar-refractivity contribution < 1.29 is 4.74 Å². The van der Waals surface area contributed by atoms with Gasteiger partial charge in [-0.3, -0.25) is 0 Å². The van der Waals surface area contributed by atoms with Gasteiger partial charge in [-0.25, -0.2) is 9.97 Å². The van der Waals surface area contributed by atoms with Crippen LogP contribution in [-0.2, 0) is 0 Å². The Morgan fingerprint density at radius 1 is 1.39 bits per heavy atom. The van der Waals surface area contributed by atoms with Gasteiger partial charge >= 0.3 is 0 Å². The van der Waals surface area contributed by atoms with Gasteiger partial charge in [-0.1, -0.05) is 6.92 Å². The molecule has 5 nitrogen and oxygen atoms in total. The second-order valence-electron chi connectivity index (χ2n) is 4.71. The van der Waals surface area contributed by atoms with E-state index >= 15 is 0 Å². The maximum atomic E-state index is 5.09. The molecule has 1 saturated heterocycles. The average molecular weight is 250 g/mol. The van der Waals surface area contributed by atoms with Gasteiger partial charge in [0.05, 0.1) is 7.11 Å². The minimum absolute atomic E-state index is 0.512. The van der Waals surface area contributed by atoms with Gasteiger partial charge in [-0.2, -0.15) is 0 Å². The number of likely N-dealkylation sites (tertiary alicyclic amines) is 1. The van der Waals surface area contributed by atoms with E-state index in [0.717, 1.165) is 5.82 Å². The van der Waals surface area contributed by atoms with E-state index in [-0.39, 0.29) is 0 Å². The quantitative estimate of drug-likeness (QED) is 0.863. The zero-order chi connectivity index (χ0) is 12.8. The minimum atomic E-state index is 0.512. The van der Waals surface area contributed by atoms with Crippen molar-refractivity contribution in [1.82, 2.24) is 14.9 Å². The lowest BCUT2D eigenvalue weighted by Crippen LogP contribution is -2.39. The summed E-state index contributed by atoms with van der Waals surface area (Å²) < 4.78 is 5.09. The number of anilines is 1. The van der Waals surface area contributed by atoms with Gasteiger partial charge in [0.2, 0.25) is 5.88 Å². The van der Waals surface area contributed by atoms with Crippen molar-refractivity contribution in [2.75, 3.05) is 32.1 Å². The molecule has 0 amide bonds. The van der Waals surface area contributed by atoms with Crippen LogP contribution in [0.4, 0.5) is 5.82 Å². The second-order valence-corrected chi connectivity index (χ2v) is 4.71. The highest BCUT2D eigenvalue weighted by molar-refractivity contribution is 5.38. The Balaban J connectivity index is 1.83. The molecule has 0 atom stereocenters. The van der Waals surface area contributed by atoms with Crippen LogP contribution in [0.25, 0.3) is 0 Å². The molecule has 0 aromatic carbocycles. The molecule has 0 unspecified atom stereocenters. The summed E-state index contributed by atoms with van der Waals surface area (Å²) in [5, 5.41) is 3.46. The van der Waals surface area contributed by atoms with Crippen molar-refractivity contribution in [2.24, 2.45) is 0 Å². The summed E-state index contributed by atoms with van der Waals surface area (Å²) in [6.45, 7) is 5.80. The molecule has 1 fully saturated rings. The molecular weight excluding hydrogens is 228 g/mol. The minimum Gasteiger partial charge on any atom is -0.481 e. The molecule has 1 aromatic heterocycles. The molecule has 1 aromatic rings. The molecule has 2 rings (SSSR count). The molecule has 0 bridgehead atoms. The number of aromatic nitrogens is 2. The van der Waals surface area contributed by atoms with Gasteiger partial charge in [0.15, 0.2) is 0 Å². The molecule has 0 aliphatic carbocycles. The SMILES string of the molecule is CCCN1CCC(Nc2cc(OC)ncn2)CC1. The van der Waals surface area contributed by atoms with E-state index in [0.29, 0.717) is 11.9 Å². The summed E-state index contributed by atoms with van der Waals surface area (Å²) in [6.07, 6.45) is 5.12. The van der Waals surface area contributed by atoms with Crippen LogP contribution in [0.3, 0.4) is 0 Å². The number of nitrogens with one attached hydrogen (secondary N) is 1. The molecule has 1 aliphatic rings. The van der Waals surface area contributed by atoms with E-state index in [4.69, 9.17) is 4.74 Å². The molecule has 0 radical (unpaired) electrons. The summed E-state index contributed by atoms with van der Waals surface area (Å²) in [4.78, 5) is 10.8. The number of rotatable bonds is 5. The molecule has 1 aliphatic heterocycles. The summed E-state index contributed by atoms with van der Waals surface area (Å²) in [7, 11) is 1.62. The Bertz CT molecular complexity index is 364. The first-order valence-corrected chi connectivity index (χ1v) is 6.66. The van der Waals surface area contributed by atoms with E-state index in [9.17, 15) is 0 Å². The number of piperidine rings is 1. The van der Waals surface area contributed by atoms with E-state index in [1.54, 1.807) is 7.11 Å². The van der Waals surface area contributed by atoms with Gasteiger partial charge in [0, 0.05) is 25.2 Å². The molecule has 0 spiro atoms. The molecule has 100 valence electrons. The predicted molar refractivity (Wildman–Crippen MR) is 72.0 cm³/mol. The lowest BCUT2D eigenvalue weighted by atomic mass is 10.0. The van der Waals surface area contributed by atoms with Crippen molar-refractivity contribution in [2.45, 2.75) is 32.2 Å². The maximum Gasteiger partial charge on any atom is 0.218 e. The number of methoxy groups -OCH3 is 1. The van der Waals surface area contributed by atoms with Crippen molar-refractivity contribution >= 4 is 5.82 Å². The molecule has 5 heteroatoms. The third kappa shape index (κ3) is 3.57. The highest BCUT2D eigenvalue weighted by Gasteiger charge is 2.18. The van der Waals surface area contributed by atoms with Gasteiger partial charge in [0.25, 0.3) is 0 Å². The summed E-state index contributed by atoms with van der Waals surface area (Å²) >= 11 is 0. The normalized spacial score (nSPS) is 17.7. The Labute approximate surface area is 109 Å². The molecule has 1 N–H and O–H groups in total. The van der Waals surface area contributed by atoms with Gasteiger partial charge in [-0.15, -0.1) is 0 Å². The first kappa shape index (κ1) is 13.1. The summed E-state index contributed by atoms with van der Waals surface area (Å²) in [5.41, 5.74) is 0. The van der Waals surface area contributed by atoms with E-state index < -0.39 is 0 Å². The highest BCUT2D eigenvalue weighted by Crippen LogP contribution is 2.17. The fourth-order valence-corrected chi connectivity index (χ4v) is 2.36. The number of nitrogens with zero attached hydrogens (tertiary/aromatic N) is 3. The van der Waals surface area contributed by atoms with Crippen LogP contribution in [0.1, 0.15) is 26.2 Å². The van der Waals surface area contributed by atoms with Gasteiger partial charge in [-0.05, 0) is 25.8 Å². The largest absolute Gasteiger partial charge is 0.481 e. The summed E-state index contributed by atoms with van der Waals surface area (Å²) in [6, 6.07) is 2.36. The topological polar surface area (TPSA) is 50.3 Å². The van der Waals surface area contributed by atoms with Gasteiger partial charge < -0.3 is 15.0 Å². The van der Waals surface area contributed by atoms with E-state index in [2.05, 4.69) is 27.1 Å². The zero-order valence-electron chi connectivity index (χ0n) is 11.2. The number of hydrogen-bond donors (Lipinski definition) is 1.